The summed E-state index contributed by atoms with van der Waals surface area (Å²) in [7, 11) is -0.335. The molecule has 9 heteroatoms. The van der Waals surface area contributed by atoms with Gasteiger partial charge in [-0.25, -0.2) is 9.97 Å². The van der Waals surface area contributed by atoms with Gasteiger partial charge in [-0.2, -0.15) is 17.0 Å². The van der Waals surface area contributed by atoms with Crippen molar-refractivity contribution in [1.82, 2.24) is 18.6 Å². The lowest BCUT2D eigenvalue weighted by molar-refractivity contribution is -0.119. The minimum Gasteiger partial charge on any atom is -0.296 e. The van der Waals surface area contributed by atoms with Crippen LogP contribution in [0.5, 0.6) is 0 Å². The molecule has 31 heavy (non-hydrogen) atoms. The van der Waals surface area contributed by atoms with Crippen LogP contribution in [0.15, 0.2) is 0 Å². The number of piperidine rings is 1. The Labute approximate surface area is 186 Å². The highest BCUT2D eigenvalue weighted by atomic mass is 32.2. The molecule has 2 fully saturated rings. The van der Waals surface area contributed by atoms with Crippen LogP contribution < -0.4 is 4.90 Å². The number of rotatable bonds is 5. The first-order valence-electron chi connectivity index (χ1n) is 11.6. The van der Waals surface area contributed by atoms with Crippen LogP contribution in [0.3, 0.4) is 0 Å². The number of nitrogens with zero attached hydrogens (tertiary/aromatic N) is 5. The molecule has 3 aliphatic rings. The molecule has 0 radical (unpaired) electrons. The number of fused-ring (bicyclic) bond motifs is 1. The highest BCUT2D eigenvalue weighted by Gasteiger charge is 2.35. The third kappa shape index (κ3) is 4.64. The highest BCUT2D eigenvalue weighted by Crippen LogP contribution is 2.34. The van der Waals surface area contributed by atoms with E-state index >= 15 is 0 Å². The molecular formula is C22H35N5O3S. The quantitative estimate of drug-likeness (QED) is 0.690. The summed E-state index contributed by atoms with van der Waals surface area (Å²) < 4.78 is 28.1. The summed E-state index contributed by atoms with van der Waals surface area (Å²) in [4.78, 5) is 24.5. The summed E-state index contributed by atoms with van der Waals surface area (Å²) in [5.41, 5.74) is 2.00. The fraction of sp³-hybridized carbons (Fsp3) is 0.773. The van der Waals surface area contributed by atoms with Crippen molar-refractivity contribution in [3.63, 3.8) is 0 Å². The van der Waals surface area contributed by atoms with Gasteiger partial charge in [-0.05, 0) is 44.9 Å². The second-order valence-corrected chi connectivity index (χ2v) is 11.6. The molecule has 1 atom stereocenters. The maximum Gasteiger partial charge on any atom is 0.281 e. The summed E-state index contributed by atoms with van der Waals surface area (Å²) >= 11 is 0. The Balaban J connectivity index is 1.62. The van der Waals surface area contributed by atoms with E-state index in [1.165, 1.54) is 40.7 Å². The van der Waals surface area contributed by atoms with Crippen LogP contribution in [-0.4, -0.2) is 66.6 Å². The Morgan fingerprint density at radius 2 is 1.77 bits per heavy atom. The van der Waals surface area contributed by atoms with Gasteiger partial charge in [-0.3, -0.25) is 9.69 Å². The molecule has 0 bridgehead atoms. The predicted octanol–water partition coefficient (Wildman–Crippen LogP) is 2.63. The van der Waals surface area contributed by atoms with Crippen LogP contribution in [0, 0.1) is 12.8 Å². The zero-order chi connectivity index (χ0) is 22.2. The molecule has 3 heterocycles. The molecule has 1 aromatic rings. The van der Waals surface area contributed by atoms with E-state index in [-0.39, 0.29) is 11.8 Å². The maximum atomic E-state index is 12.9. The van der Waals surface area contributed by atoms with E-state index in [0.717, 1.165) is 36.5 Å². The van der Waals surface area contributed by atoms with Crippen molar-refractivity contribution in [3.05, 3.63) is 17.1 Å². The molecule has 0 N–H and O–H groups in total. The molecule has 4 rings (SSSR count). The van der Waals surface area contributed by atoms with Crippen molar-refractivity contribution in [2.45, 2.75) is 70.6 Å². The fourth-order valence-corrected chi connectivity index (χ4v) is 6.39. The average Bonchev–Trinajstić information content (AvgIpc) is 2.76. The topological polar surface area (TPSA) is 86.7 Å². The summed E-state index contributed by atoms with van der Waals surface area (Å²) in [5, 5.41) is 0. The van der Waals surface area contributed by atoms with Crippen LogP contribution in [0.2, 0.25) is 0 Å². The number of anilines is 1. The van der Waals surface area contributed by atoms with Crippen molar-refractivity contribution in [2.75, 3.05) is 38.6 Å². The Hall–Kier alpha value is -1.58. The largest absolute Gasteiger partial charge is 0.296 e. The van der Waals surface area contributed by atoms with Gasteiger partial charge in [0.25, 0.3) is 10.2 Å². The number of amides is 1. The third-order valence-corrected chi connectivity index (χ3v) is 8.96. The first-order valence-corrected chi connectivity index (χ1v) is 13.0. The smallest absolute Gasteiger partial charge is 0.281 e. The van der Waals surface area contributed by atoms with E-state index in [9.17, 15) is 13.2 Å². The standard InChI is InChI=1S/C22H35N5O3S/c1-16-19-11-12-20(28)27(14-17-8-5-4-6-9-17)22(19)24-21(23-16)18-10-7-13-26(15-18)31(29,30)25(2)3/h17-18H,4-15H2,1-3H3. The zero-order valence-electron chi connectivity index (χ0n) is 19.0. The predicted molar refractivity (Wildman–Crippen MR) is 120 cm³/mol. The fourth-order valence-electron chi connectivity index (χ4n) is 5.20. The zero-order valence-corrected chi connectivity index (χ0v) is 19.8. The first kappa shape index (κ1) is 22.6. The highest BCUT2D eigenvalue weighted by molar-refractivity contribution is 7.86. The summed E-state index contributed by atoms with van der Waals surface area (Å²) in [6, 6.07) is 0. The Kier molecular flexibility index (Phi) is 6.65. The molecule has 0 spiro atoms. The maximum absolute atomic E-state index is 12.9. The molecule has 0 aromatic carbocycles. The monoisotopic (exact) mass is 449 g/mol. The minimum absolute atomic E-state index is 0.0546. The Bertz CT molecular complexity index is 927. The van der Waals surface area contributed by atoms with E-state index in [0.29, 0.717) is 37.7 Å². The number of aryl methyl sites for hydroxylation is 1. The molecule has 1 aromatic heterocycles. The van der Waals surface area contributed by atoms with E-state index < -0.39 is 10.2 Å². The van der Waals surface area contributed by atoms with Gasteiger partial charge in [-0.15, -0.1) is 0 Å². The molecule has 1 amide bonds. The van der Waals surface area contributed by atoms with Gasteiger partial charge in [0.2, 0.25) is 5.91 Å². The first-order chi connectivity index (χ1) is 14.8. The molecule has 172 valence electrons. The number of carbonyl (C=O) groups is 1. The second-order valence-electron chi connectivity index (χ2n) is 9.47. The summed E-state index contributed by atoms with van der Waals surface area (Å²) in [6.45, 7) is 3.64. The van der Waals surface area contributed by atoms with Crippen molar-refractivity contribution < 1.29 is 13.2 Å². The van der Waals surface area contributed by atoms with E-state index in [2.05, 4.69) is 0 Å². The molecule has 2 aliphatic heterocycles. The molecule has 8 nitrogen and oxygen atoms in total. The normalized spacial score (nSPS) is 23.9. The van der Waals surface area contributed by atoms with Crippen LogP contribution in [0.4, 0.5) is 5.82 Å². The van der Waals surface area contributed by atoms with E-state index in [1.807, 2.05) is 11.8 Å². The number of hydrogen-bond acceptors (Lipinski definition) is 5. The molecule has 1 unspecified atom stereocenters. The Morgan fingerprint density at radius 3 is 2.48 bits per heavy atom. The lowest BCUT2D eigenvalue weighted by atomic mass is 9.88. The van der Waals surface area contributed by atoms with Crippen molar-refractivity contribution in [2.24, 2.45) is 5.92 Å². The Morgan fingerprint density at radius 1 is 1.03 bits per heavy atom. The average molecular weight is 450 g/mol. The molecule has 1 saturated heterocycles. The van der Waals surface area contributed by atoms with Gasteiger partial charge < -0.3 is 0 Å². The van der Waals surface area contributed by atoms with Gasteiger partial charge in [0.05, 0.1) is 0 Å². The van der Waals surface area contributed by atoms with Gasteiger partial charge in [0, 0.05) is 57.3 Å². The lowest BCUT2D eigenvalue weighted by Gasteiger charge is -2.35. The number of aromatic nitrogens is 2. The lowest BCUT2D eigenvalue weighted by Crippen LogP contribution is -2.45. The van der Waals surface area contributed by atoms with Crippen molar-refractivity contribution in [3.8, 4) is 0 Å². The second kappa shape index (κ2) is 9.11. The number of carbonyl (C=O) groups excluding carboxylic acids is 1. The number of hydrogen-bond donors (Lipinski definition) is 0. The summed E-state index contributed by atoms with van der Waals surface area (Å²) in [5.74, 6) is 2.09. The third-order valence-electron chi connectivity index (χ3n) is 7.06. The minimum atomic E-state index is -3.46. The van der Waals surface area contributed by atoms with E-state index in [4.69, 9.17) is 9.97 Å². The van der Waals surface area contributed by atoms with Crippen LogP contribution in [0.25, 0.3) is 0 Å². The van der Waals surface area contributed by atoms with Crippen molar-refractivity contribution >= 4 is 21.9 Å². The van der Waals surface area contributed by atoms with Gasteiger partial charge in [0.1, 0.15) is 11.6 Å². The van der Waals surface area contributed by atoms with Gasteiger partial charge in [-0.1, -0.05) is 19.3 Å². The molecule has 1 saturated carbocycles. The molecule has 1 aliphatic carbocycles. The van der Waals surface area contributed by atoms with Gasteiger partial charge in [0.15, 0.2) is 0 Å². The van der Waals surface area contributed by atoms with Crippen LogP contribution in [-0.2, 0) is 21.4 Å². The molecular weight excluding hydrogens is 414 g/mol. The van der Waals surface area contributed by atoms with Crippen molar-refractivity contribution in [1.29, 1.82) is 0 Å². The SMILES string of the molecule is Cc1nc(C2CCCN(S(=O)(=O)N(C)C)C2)nc2c1CCC(=O)N2CC1CCCCC1. The van der Waals surface area contributed by atoms with Crippen LogP contribution >= 0.6 is 0 Å². The van der Waals surface area contributed by atoms with Crippen LogP contribution in [0.1, 0.15) is 74.4 Å². The van der Waals surface area contributed by atoms with Gasteiger partial charge >= 0.3 is 0 Å². The summed E-state index contributed by atoms with van der Waals surface area (Å²) in [6.07, 6.45) is 8.97. The van der Waals surface area contributed by atoms with E-state index in [1.54, 1.807) is 14.1 Å².